The highest BCUT2D eigenvalue weighted by molar-refractivity contribution is 7.92. The highest BCUT2D eigenvalue weighted by Crippen LogP contribution is 2.39. The van der Waals surface area contributed by atoms with E-state index in [9.17, 15) is 21.6 Å². The molecule has 186 valence electrons. The Hall–Kier alpha value is -1.66. The van der Waals surface area contributed by atoms with Gasteiger partial charge >= 0.3 is 6.18 Å². The van der Waals surface area contributed by atoms with E-state index in [0.717, 1.165) is 25.7 Å². The molecule has 1 spiro atoms. The quantitative estimate of drug-likeness (QED) is 0.685. The van der Waals surface area contributed by atoms with Crippen LogP contribution in [0.15, 0.2) is 6.07 Å². The number of alkyl halides is 3. The number of aromatic nitrogens is 2. The van der Waals surface area contributed by atoms with Crippen LogP contribution in [0.3, 0.4) is 0 Å². The summed E-state index contributed by atoms with van der Waals surface area (Å²) in [5, 5.41) is 2.33. The lowest BCUT2D eigenvalue weighted by molar-refractivity contribution is -0.144. The fourth-order valence-corrected chi connectivity index (χ4v) is 6.77. The standard InChI is InChI=1S/C21H32F3N5O3S/c1-15-4-3-5-20(11-15)14-29(7-8-32-20)18-10-17(26-19(27-18)21(22,23)24)28(2)13-16-12-25-6-9-33(16,30)31/h10,15-16,25H,3-9,11-14H2,1-2H3/t15-,16?,20?/m0/s1. The first-order valence-corrected chi connectivity index (χ1v) is 13.2. The molecular formula is C21H32F3N5O3S. The van der Waals surface area contributed by atoms with E-state index in [0.29, 0.717) is 32.2 Å². The van der Waals surface area contributed by atoms with Crippen LogP contribution in [0.2, 0.25) is 0 Å². The molecule has 2 saturated heterocycles. The van der Waals surface area contributed by atoms with Crippen LogP contribution in [-0.4, -0.2) is 81.4 Å². The van der Waals surface area contributed by atoms with Crippen LogP contribution in [0.25, 0.3) is 0 Å². The van der Waals surface area contributed by atoms with Gasteiger partial charge in [0.1, 0.15) is 11.6 Å². The fourth-order valence-electron chi connectivity index (χ4n) is 5.18. The normalized spacial score (nSPS) is 30.4. The van der Waals surface area contributed by atoms with E-state index in [1.165, 1.54) is 11.0 Å². The van der Waals surface area contributed by atoms with Gasteiger partial charge in [0.05, 0.1) is 23.2 Å². The van der Waals surface area contributed by atoms with E-state index in [1.807, 2.05) is 4.90 Å². The second kappa shape index (κ2) is 9.18. The average molecular weight is 492 g/mol. The molecule has 33 heavy (non-hydrogen) atoms. The highest BCUT2D eigenvalue weighted by Gasteiger charge is 2.42. The summed E-state index contributed by atoms with van der Waals surface area (Å²) in [6.07, 6.45) is -0.799. The van der Waals surface area contributed by atoms with E-state index in [4.69, 9.17) is 4.74 Å². The molecular weight excluding hydrogens is 459 g/mol. The first-order chi connectivity index (χ1) is 15.5. The first-order valence-electron chi connectivity index (χ1n) is 11.5. The Labute approximate surface area is 192 Å². The van der Waals surface area contributed by atoms with Gasteiger partial charge in [-0.25, -0.2) is 18.4 Å². The van der Waals surface area contributed by atoms with Crippen molar-refractivity contribution in [3.63, 3.8) is 0 Å². The molecule has 2 unspecified atom stereocenters. The summed E-state index contributed by atoms with van der Waals surface area (Å²) < 4.78 is 71.9. The van der Waals surface area contributed by atoms with Crippen molar-refractivity contribution in [2.24, 2.45) is 5.92 Å². The molecule has 3 aliphatic rings. The monoisotopic (exact) mass is 491 g/mol. The number of hydrogen-bond donors (Lipinski definition) is 1. The van der Waals surface area contributed by atoms with Crippen LogP contribution in [0.5, 0.6) is 0 Å². The Balaban J connectivity index is 1.61. The van der Waals surface area contributed by atoms with Gasteiger partial charge in [0.25, 0.3) is 0 Å². The molecule has 0 bridgehead atoms. The topological polar surface area (TPSA) is 87.7 Å². The number of rotatable bonds is 4. The molecule has 3 atom stereocenters. The van der Waals surface area contributed by atoms with Gasteiger partial charge < -0.3 is 19.9 Å². The number of nitrogens with one attached hydrogen (secondary N) is 1. The SMILES string of the molecule is C[C@H]1CCCC2(C1)CN(c1cc(N(C)CC3CNCCS3(=O)=O)nc(C(F)(F)F)n1)CCO2. The minimum Gasteiger partial charge on any atom is -0.371 e. The summed E-state index contributed by atoms with van der Waals surface area (Å²) in [7, 11) is -1.75. The molecule has 2 aliphatic heterocycles. The maximum Gasteiger partial charge on any atom is 0.451 e. The summed E-state index contributed by atoms with van der Waals surface area (Å²) in [4.78, 5) is 10.9. The zero-order chi connectivity index (χ0) is 23.9. The van der Waals surface area contributed by atoms with Crippen molar-refractivity contribution >= 4 is 21.5 Å². The zero-order valence-corrected chi connectivity index (χ0v) is 19.9. The molecule has 0 aromatic carbocycles. The predicted molar refractivity (Wildman–Crippen MR) is 119 cm³/mol. The third-order valence-electron chi connectivity index (χ3n) is 6.89. The summed E-state index contributed by atoms with van der Waals surface area (Å²) >= 11 is 0. The van der Waals surface area contributed by atoms with Gasteiger partial charge in [-0.05, 0) is 18.8 Å². The summed E-state index contributed by atoms with van der Waals surface area (Å²) in [5.41, 5.74) is -0.368. The van der Waals surface area contributed by atoms with Gasteiger partial charge in [0, 0.05) is 45.8 Å². The minimum absolute atomic E-state index is 0.0165. The zero-order valence-electron chi connectivity index (χ0n) is 19.1. The average Bonchev–Trinajstić information content (AvgIpc) is 2.74. The largest absolute Gasteiger partial charge is 0.451 e. The van der Waals surface area contributed by atoms with Crippen molar-refractivity contribution in [3.8, 4) is 0 Å². The summed E-state index contributed by atoms with van der Waals surface area (Å²) in [6.45, 7) is 4.22. The molecule has 4 rings (SSSR count). The van der Waals surface area contributed by atoms with Gasteiger partial charge in [-0.2, -0.15) is 13.2 Å². The van der Waals surface area contributed by atoms with E-state index >= 15 is 0 Å². The molecule has 8 nitrogen and oxygen atoms in total. The number of anilines is 2. The Morgan fingerprint density at radius 2 is 2.15 bits per heavy atom. The molecule has 3 heterocycles. The number of hydrogen-bond acceptors (Lipinski definition) is 8. The second-order valence-electron chi connectivity index (χ2n) is 9.63. The Bertz CT molecular complexity index is 957. The second-order valence-corrected chi connectivity index (χ2v) is 12.0. The Kier molecular flexibility index (Phi) is 6.81. The molecule has 1 aromatic heterocycles. The summed E-state index contributed by atoms with van der Waals surface area (Å²) in [5.74, 6) is -0.440. The fraction of sp³-hybridized carbons (Fsp3) is 0.810. The van der Waals surface area contributed by atoms with Gasteiger partial charge in [0.15, 0.2) is 9.84 Å². The van der Waals surface area contributed by atoms with Crippen LogP contribution >= 0.6 is 0 Å². The maximum absolute atomic E-state index is 13.7. The van der Waals surface area contributed by atoms with E-state index in [2.05, 4.69) is 22.2 Å². The van der Waals surface area contributed by atoms with Crippen molar-refractivity contribution in [1.29, 1.82) is 0 Å². The number of morpholine rings is 1. The van der Waals surface area contributed by atoms with Gasteiger partial charge in [-0.15, -0.1) is 0 Å². The van der Waals surface area contributed by atoms with Crippen LogP contribution in [0.1, 0.15) is 38.4 Å². The molecule has 3 fully saturated rings. The van der Waals surface area contributed by atoms with Crippen molar-refractivity contribution < 1.29 is 26.3 Å². The molecule has 0 amide bonds. The van der Waals surface area contributed by atoms with Gasteiger partial charge in [-0.3, -0.25) is 0 Å². The first kappa shape index (κ1) is 24.5. The van der Waals surface area contributed by atoms with E-state index in [-0.39, 0.29) is 36.1 Å². The lowest BCUT2D eigenvalue weighted by atomic mass is 9.78. The van der Waals surface area contributed by atoms with Crippen LogP contribution in [-0.2, 0) is 20.8 Å². The number of sulfone groups is 1. The lowest BCUT2D eigenvalue weighted by Gasteiger charge is -2.47. The lowest BCUT2D eigenvalue weighted by Crippen LogP contribution is -2.54. The van der Waals surface area contributed by atoms with E-state index < -0.39 is 27.1 Å². The van der Waals surface area contributed by atoms with Crippen molar-refractivity contribution in [3.05, 3.63) is 11.9 Å². The molecule has 1 aromatic rings. The highest BCUT2D eigenvalue weighted by atomic mass is 32.2. The van der Waals surface area contributed by atoms with Crippen molar-refractivity contribution in [1.82, 2.24) is 15.3 Å². The van der Waals surface area contributed by atoms with Crippen LogP contribution < -0.4 is 15.1 Å². The number of nitrogens with zero attached hydrogens (tertiary/aromatic N) is 4. The molecule has 1 saturated carbocycles. The number of halogens is 3. The third kappa shape index (κ3) is 5.54. The number of ether oxygens (including phenoxy) is 1. The third-order valence-corrected chi connectivity index (χ3v) is 8.99. The smallest absolute Gasteiger partial charge is 0.371 e. The Morgan fingerprint density at radius 3 is 2.85 bits per heavy atom. The van der Waals surface area contributed by atoms with Crippen LogP contribution in [0.4, 0.5) is 24.8 Å². The van der Waals surface area contributed by atoms with Crippen molar-refractivity contribution in [2.75, 3.05) is 61.9 Å². The van der Waals surface area contributed by atoms with Gasteiger partial charge in [-0.1, -0.05) is 19.8 Å². The Morgan fingerprint density at radius 1 is 1.36 bits per heavy atom. The predicted octanol–water partition coefficient (Wildman–Crippen LogP) is 2.10. The summed E-state index contributed by atoms with van der Waals surface area (Å²) in [6, 6.07) is 1.53. The van der Waals surface area contributed by atoms with Crippen molar-refractivity contribution in [2.45, 2.75) is 49.6 Å². The molecule has 0 radical (unpaired) electrons. The minimum atomic E-state index is -4.71. The van der Waals surface area contributed by atoms with E-state index in [1.54, 1.807) is 7.05 Å². The maximum atomic E-state index is 13.7. The molecule has 12 heteroatoms. The molecule has 1 N–H and O–H groups in total. The van der Waals surface area contributed by atoms with Crippen LogP contribution in [0, 0.1) is 5.92 Å². The molecule has 1 aliphatic carbocycles. The van der Waals surface area contributed by atoms with Gasteiger partial charge in [0.2, 0.25) is 5.82 Å².